The zero-order valence-electron chi connectivity index (χ0n) is 34.1. The van der Waals surface area contributed by atoms with E-state index < -0.39 is 0 Å². The minimum atomic E-state index is 0.918. The number of hydrogen-bond donors (Lipinski definition) is 0. The third kappa shape index (κ3) is 5.43. The van der Waals surface area contributed by atoms with Crippen molar-refractivity contribution < 1.29 is 0 Å². The van der Waals surface area contributed by atoms with Gasteiger partial charge in [0.05, 0.1) is 44.5 Å². The van der Waals surface area contributed by atoms with Crippen LogP contribution in [0.25, 0.3) is 116 Å². The van der Waals surface area contributed by atoms with Gasteiger partial charge in [0.1, 0.15) is 0 Å². The van der Waals surface area contributed by atoms with Gasteiger partial charge in [-0.2, -0.15) is 0 Å². The summed E-state index contributed by atoms with van der Waals surface area (Å²) in [5.41, 5.74) is 16.6. The van der Waals surface area contributed by atoms with Crippen LogP contribution in [-0.4, -0.2) is 23.7 Å². The smallest absolute Gasteiger partial charge is 0.0948 e. The Morgan fingerprint density at radius 3 is 1.27 bits per heavy atom. The summed E-state index contributed by atoms with van der Waals surface area (Å²) < 4.78 is 7.28. The standard InChI is InChI=1S/C58H37N5/c1-2-13-40(14-3-1)57-58(44(32-34-60-57)39-26-24-38(25-27-39)41-15-12-33-59-37-41)63-55-30-28-42(61-51-20-8-4-16-45(51)46-17-5-9-21-52(46)61)35-49(55)50-36-43(29-31-56(50)63)62-53-22-10-6-18-47(53)48-19-7-11-23-54(48)62/h1-37H. The Labute approximate surface area is 363 Å². The number of fused-ring (bicyclic) bond motifs is 9. The van der Waals surface area contributed by atoms with Crippen molar-refractivity contribution in [3.8, 4) is 50.6 Å². The topological polar surface area (TPSA) is 40.6 Å². The summed E-state index contributed by atoms with van der Waals surface area (Å²) in [4.78, 5) is 9.57. The maximum absolute atomic E-state index is 5.19. The van der Waals surface area contributed by atoms with Crippen LogP contribution in [0.4, 0.5) is 0 Å². The van der Waals surface area contributed by atoms with E-state index in [2.05, 4.69) is 219 Å². The van der Waals surface area contributed by atoms with Crippen LogP contribution in [0, 0.1) is 0 Å². The highest BCUT2D eigenvalue weighted by Crippen LogP contribution is 2.43. The lowest BCUT2D eigenvalue weighted by Gasteiger charge is -2.19. The minimum Gasteiger partial charge on any atom is -0.309 e. The molecule has 0 atom stereocenters. The third-order valence-electron chi connectivity index (χ3n) is 12.8. The summed E-state index contributed by atoms with van der Waals surface area (Å²) in [5.74, 6) is 0. The van der Waals surface area contributed by atoms with Crippen LogP contribution >= 0.6 is 0 Å². The Balaban J connectivity index is 1.13. The Morgan fingerprint density at radius 1 is 0.302 bits per heavy atom. The Hall–Kier alpha value is -8.54. The molecular weight excluding hydrogens is 767 g/mol. The van der Waals surface area contributed by atoms with E-state index in [1.165, 1.54) is 43.6 Å². The molecule has 294 valence electrons. The average molecular weight is 804 g/mol. The number of para-hydroxylation sites is 4. The molecule has 0 aliphatic carbocycles. The van der Waals surface area contributed by atoms with Crippen molar-refractivity contribution in [2.24, 2.45) is 0 Å². The van der Waals surface area contributed by atoms with Gasteiger partial charge in [-0.15, -0.1) is 0 Å². The van der Waals surface area contributed by atoms with E-state index in [1.54, 1.807) is 0 Å². The zero-order chi connectivity index (χ0) is 41.4. The van der Waals surface area contributed by atoms with E-state index in [0.717, 1.165) is 72.4 Å². The van der Waals surface area contributed by atoms with Crippen molar-refractivity contribution in [2.75, 3.05) is 0 Å². The lowest BCUT2D eigenvalue weighted by molar-refractivity contribution is 1.14. The fourth-order valence-corrected chi connectivity index (χ4v) is 10.0. The quantitative estimate of drug-likeness (QED) is 0.168. The molecule has 0 saturated carbocycles. The first kappa shape index (κ1) is 35.2. The van der Waals surface area contributed by atoms with Gasteiger partial charge in [-0.3, -0.25) is 9.97 Å². The molecule has 0 N–H and O–H groups in total. The molecule has 5 aromatic heterocycles. The highest BCUT2D eigenvalue weighted by molar-refractivity contribution is 6.14. The van der Waals surface area contributed by atoms with Gasteiger partial charge in [-0.05, 0) is 89.5 Å². The molecule has 63 heavy (non-hydrogen) atoms. The predicted molar refractivity (Wildman–Crippen MR) is 261 cm³/mol. The zero-order valence-corrected chi connectivity index (χ0v) is 34.1. The van der Waals surface area contributed by atoms with Gasteiger partial charge in [-0.1, -0.05) is 133 Å². The van der Waals surface area contributed by atoms with Crippen molar-refractivity contribution in [2.45, 2.75) is 0 Å². The molecule has 0 bridgehead atoms. The number of hydrogen-bond acceptors (Lipinski definition) is 2. The highest BCUT2D eigenvalue weighted by Gasteiger charge is 2.23. The van der Waals surface area contributed by atoms with Gasteiger partial charge in [0.2, 0.25) is 0 Å². The van der Waals surface area contributed by atoms with Crippen LogP contribution in [0.3, 0.4) is 0 Å². The first-order valence-electron chi connectivity index (χ1n) is 21.4. The highest BCUT2D eigenvalue weighted by atomic mass is 15.0. The SMILES string of the molecule is c1ccc(-c2nccc(-c3ccc(-c4cccnc4)cc3)c2-n2c3ccc(-n4c5ccccc5c5ccccc54)cc3c3cc(-n4c5ccccc5c5ccccc54)ccc32)cc1. The maximum atomic E-state index is 5.19. The first-order chi connectivity index (χ1) is 31.3. The molecule has 0 unspecified atom stereocenters. The lowest BCUT2D eigenvalue weighted by Crippen LogP contribution is -2.03. The largest absolute Gasteiger partial charge is 0.309 e. The van der Waals surface area contributed by atoms with E-state index >= 15 is 0 Å². The second-order valence-corrected chi connectivity index (χ2v) is 16.2. The Bertz CT molecular complexity index is 3620. The molecule has 0 aliphatic heterocycles. The molecule has 0 fully saturated rings. The molecule has 13 aromatic rings. The van der Waals surface area contributed by atoms with Gasteiger partial charge in [0.15, 0.2) is 0 Å². The van der Waals surface area contributed by atoms with Crippen LogP contribution in [0.5, 0.6) is 0 Å². The van der Waals surface area contributed by atoms with Gasteiger partial charge >= 0.3 is 0 Å². The van der Waals surface area contributed by atoms with Gasteiger partial charge in [0, 0.05) is 73.4 Å². The maximum Gasteiger partial charge on any atom is 0.0948 e. The molecule has 5 nitrogen and oxygen atoms in total. The molecule has 0 radical (unpaired) electrons. The number of pyridine rings is 2. The van der Waals surface area contributed by atoms with Crippen molar-refractivity contribution in [3.05, 3.63) is 225 Å². The minimum absolute atomic E-state index is 0.918. The molecular formula is C58H37N5. The predicted octanol–water partition coefficient (Wildman–Crippen LogP) is 14.8. The number of nitrogens with zero attached hydrogens (tertiary/aromatic N) is 5. The van der Waals surface area contributed by atoms with Gasteiger partial charge < -0.3 is 13.7 Å². The van der Waals surface area contributed by atoms with Crippen LogP contribution in [0.15, 0.2) is 225 Å². The van der Waals surface area contributed by atoms with Crippen molar-refractivity contribution in [3.63, 3.8) is 0 Å². The van der Waals surface area contributed by atoms with Gasteiger partial charge in [-0.25, -0.2) is 0 Å². The Kier molecular flexibility index (Phi) is 7.84. The van der Waals surface area contributed by atoms with E-state index in [0.29, 0.717) is 0 Å². The summed E-state index contributed by atoms with van der Waals surface area (Å²) in [7, 11) is 0. The third-order valence-corrected chi connectivity index (χ3v) is 12.8. The molecule has 0 spiro atoms. The Morgan fingerprint density at radius 2 is 0.762 bits per heavy atom. The van der Waals surface area contributed by atoms with E-state index in [4.69, 9.17) is 4.98 Å². The fourth-order valence-electron chi connectivity index (χ4n) is 10.0. The summed E-state index contributed by atoms with van der Waals surface area (Å²) >= 11 is 0. The summed E-state index contributed by atoms with van der Waals surface area (Å²) in [5, 5.41) is 7.29. The number of rotatable bonds is 6. The lowest BCUT2D eigenvalue weighted by atomic mass is 9.98. The second kappa shape index (κ2) is 14.0. The van der Waals surface area contributed by atoms with Crippen LogP contribution in [-0.2, 0) is 0 Å². The molecule has 8 aromatic carbocycles. The average Bonchev–Trinajstić information content (AvgIpc) is 3.99. The van der Waals surface area contributed by atoms with Crippen molar-refractivity contribution >= 4 is 65.4 Å². The molecule has 5 heterocycles. The first-order valence-corrected chi connectivity index (χ1v) is 21.4. The van der Waals surface area contributed by atoms with Crippen LogP contribution in [0.1, 0.15) is 0 Å². The van der Waals surface area contributed by atoms with Crippen LogP contribution in [0.2, 0.25) is 0 Å². The molecule has 13 rings (SSSR count). The number of aromatic nitrogens is 5. The monoisotopic (exact) mass is 803 g/mol. The molecule has 0 amide bonds. The molecule has 0 aliphatic rings. The summed E-state index contributed by atoms with van der Waals surface area (Å²) in [6.45, 7) is 0. The van der Waals surface area contributed by atoms with Crippen molar-refractivity contribution in [1.29, 1.82) is 0 Å². The number of benzene rings is 8. The van der Waals surface area contributed by atoms with E-state index in [-0.39, 0.29) is 0 Å². The van der Waals surface area contributed by atoms with Crippen LogP contribution < -0.4 is 0 Å². The van der Waals surface area contributed by atoms with Crippen molar-refractivity contribution in [1.82, 2.24) is 23.7 Å². The molecule has 5 heteroatoms. The second-order valence-electron chi connectivity index (χ2n) is 16.2. The van der Waals surface area contributed by atoms with Gasteiger partial charge in [0.25, 0.3) is 0 Å². The summed E-state index contributed by atoms with van der Waals surface area (Å²) in [6, 6.07) is 74.6. The van der Waals surface area contributed by atoms with E-state index in [9.17, 15) is 0 Å². The normalized spacial score (nSPS) is 11.8. The van der Waals surface area contributed by atoms with E-state index in [1.807, 2.05) is 24.7 Å². The fraction of sp³-hybridized carbons (Fsp3) is 0. The molecule has 0 saturated heterocycles. The summed E-state index contributed by atoms with van der Waals surface area (Å²) in [6.07, 6.45) is 5.68.